The fourth-order valence-corrected chi connectivity index (χ4v) is 4.30. The minimum atomic E-state index is -0.761. The first-order valence-corrected chi connectivity index (χ1v) is 15.6. The molecule has 2 saturated carbocycles. The summed E-state index contributed by atoms with van der Waals surface area (Å²) < 4.78 is 16.6. The molecule has 2 aliphatic carbocycles. The highest BCUT2D eigenvalue weighted by molar-refractivity contribution is 6.17. The van der Waals surface area contributed by atoms with Crippen molar-refractivity contribution in [1.29, 1.82) is 0 Å². The van der Waals surface area contributed by atoms with Gasteiger partial charge in [0.1, 0.15) is 0 Å². The van der Waals surface area contributed by atoms with Crippen LogP contribution in [0.5, 0.6) is 0 Å². The number of nitrogens with one attached hydrogen (secondary N) is 1. The van der Waals surface area contributed by atoms with E-state index in [1.807, 2.05) is 27.2 Å². The second-order valence-electron chi connectivity index (χ2n) is 11.4. The Morgan fingerprint density at radius 3 is 2.16 bits per heavy atom. The third-order valence-corrected chi connectivity index (χ3v) is 6.37. The van der Waals surface area contributed by atoms with Gasteiger partial charge in [-0.2, -0.15) is 0 Å². The number of alkyl halides is 2. The van der Waals surface area contributed by atoms with Gasteiger partial charge in [-0.25, -0.2) is 10.2 Å². The molecule has 3 atom stereocenters. The number of ether oxygens (including phenoxy) is 1. The molecule has 252 valence electrons. The van der Waals surface area contributed by atoms with Gasteiger partial charge in [0.2, 0.25) is 0 Å². The minimum absolute atomic E-state index is 0.0339. The second kappa shape index (κ2) is 28.7. The molecular weight excluding hydrogens is 569 g/mol. The van der Waals surface area contributed by atoms with Gasteiger partial charge < -0.3 is 30.2 Å². The zero-order valence-electron chi connectivity index (χ0n) is 28.0. The molecule has 43 heavy (non-hydrogen) atoms. The lowest BCUT2D eigenvalue weighted by molar-refractivity contribution is -0.0126. The van der Waals surface area contributed by atoms with Crippen LogP contribution in [0.25, 0.3) is 0 Å². The lowest BCUT2D eigenvalue weighted by Gasteiger charge is -2.15. The van der Waals surface area contributed by atoms with E-state index in [9.17, 15) is 14.6 Å². The van der Waals surface area contributed by atoms with Crippen LogP contribution < -0.4 is 11.2 Å². The Hall–Kier alpha value is -2.09. The van der Waals surface area contributed by atoms with E-state index in [0.717, 1.165) is 61.8 Å². The number of hydrogen-bond donors (Lipinski definition) is 4. The number of aliphatic imine (C=N–C) groups is 1. The molecule has 0 spiro atoms. The van der Waals surface area contributed by atoms with Crippen LogP contribution in [0.1, 0.15) is 66.7 Å². The quantitative estimate of drug-likeness (QED) is 0.0298. The predicted octanol–water partition coefficient (Wildman–Crippen LogP) is 5.37. The summed E-state index contributed by atoms with van der Waals surface area (Å²) in [5, 5.41) is 23.5. The summed E-state index contributed by atoms with van der Waals surface area (Å²) in [6.07, 6.45) is 19.7. The standard InChI is InChI=1S/C17H29N3O.C8H18N2O2.C4H9F.C2H5Cl.C2H2/c1-4-13(2)19-5-6-20(3)12-18-11-14-7-15-9-17(21)10-16(15)8-14;1-8(2,11)7-12-6-4-5-10(3)9;1-3-4(2)5;1-2-3;1-2/h4,12,14-17,19,21H,1-2,5-11H2,3H3;4-5,11H,6-7,9H2,1-3H3;4H,3H2,1-2H3;2H2,1H3;1-2H/b;5-4-;;;. The van der Waals surface area contributed by atoms with Crippen molar-refractivity contribution in [2.75, 3.05) is 52.8 Å². The number of terminal acetylenes is 1. The van der Waals surface area contributed by atoms with Crippen LogP contribution in [0.15, 0.2) is 42.2 Å². The Labute approximate surface area is 268 Å². The van der Waals surface area contributed by atoms with Gasteiger partial charge in [-0.05, 0) is 82.8 Å². The van der Waals surface area contributed by atoms with Crippen LogP contribution in [0.2, 0.25) is 0 Å². The maximum absolute atomic E-state index is 11.4. The van der Waals surface area contributed by atoms with Crippen LogP contribution in [0, 0.1) is 30.6 Å². The maximum Gasteiger partial charge on any atom is 0.0971 e. The lowest BCUT2D eigenvalue weighted by Crippen LogP contribution is -2.27. The van der Waals surface area contributed by atoms with E-state index in [-0.39, 0.29) is 6.10 Å². The van der Waals surface area contributed by atoms with E-state index in [1.165, 1.54) is 17.9 Å². The van der Waals surface area contributed by atoms with Gasteiger partial charge in [-0.1, -0.05) is 27.0 Å². The van der Waals surface area contributed by atoms with Crippen molar-refractivity contribution in [2.24, 2.45) is 28.6 Å². The topological polar surface area (TPSA) is 107 Å². The van der Waals surface area contributed by atoms with Crippen molar-refractivity contribution in [3.05, 3.63) is 37.2 Å². The highest BCUT2D eigenvalue weighted by Crippen LogP contribution is 2.46. The SMILES string of the molecule is C#C.C=CC(=C)NCCN(C)C=NCC1CC2CC(O)CC2C1.CCC(C)F.CCCl.CN(N)/C=C\COCC(C)(C)O. The number of halogens is 2. The first-order valence-electron chi connectivity index (χ1n) is 15.1. The summed E-state index contributed by atoms with van der Waals surface area (Å²) >= 11 is 5.00. The second-order valence-corrected chi connectivity index (χ2v) is 12.0. The van der Waals surface area contributed by atoms with Crippen molar-refractivity contribution in [1.82, 2.24) is 15.2 Å². The van der Waals surface area contributed by atoms with Crippen molar-refractivity contribution >= 4 is 17.9 Å². The third kappa shape index (κ3) is 31.2. The number of nitrogens with two attached hydrogens (primary N) is 1. The number of nitrogens with zero attached hydrogens (tertiary/aromatic N) is 3. The van der Waals surface area contributed by atoms with E-state index in [0.29, 0.717) is 19.6 Å². The number of hydrazine groups is 1. The van der Waals surface area contributed by atoms with Gasteiger partial charge in [0.05, 0.1) is 37.4 Å². The Morgan fingerprint density at radius 1 is 1.23 bits per heavy atom. The van der Waals surface area contributed by atoms with E-state index in [2.05, 4.69) is 41.2 Å². The summed E-state index contributed by atoms with van der Waals surface area (Å²) in [4.78, 5) is 6.69. The Balaban J connectivity index is -0.000000614. The minimum Gasteiger partial charge on any atom is -0.393 e. The number of allylic oxidation sites excluding steroid dienone is 1. The van der Waals surface area contributed by atoms with Crippen LogP contribution in [0.3, 0.4) is 0 Å². The molecule has 3 unspecified atom stereocenters. The van der Waals surface area contributed by atoms with E-state index in [1.54, 1.807) is 46.2 Å². The number of aliphatic hydroxyl groups is 2. The Bertz CT molecular complexity index is 743. The smallest absolute Gasteiger partial charge is 0.0971 e. The molecule has 0 radical (unpaired) electrons. The molecule has 0 aromatic heterocycles. The predicted molar refractivity (Wildman–Crippen MR) is 184 cm³/mol. The highest BCUT2D eigenvalue weighted by atomic mass is 35.5. The summed E-state index contributed by atoms with van der Waals surface area (Å²) in [6.45, 7) is 19.6. The zero-order chi connectivity index (χ0) is 33.8. The molecule has 2 aliphatic rings. The molecule has 8 nitrogen and oxygen atoms in total. The average Bonchev–Trinajstić information content (AvgIpc) is 3.46. The van der Waals surface area contributed by atoms with Crippen molar-refractivity contribution in [3.8, 4) is 12.8 Å². The number of aliphatic hydroxyl groups excluding tert-OH is 1. The van der Waals surface area contributed by atoms with Gasteiger partial charge in [0, 0.05) is 51.5 Å². The van der Waals surface area contributed by atoms with Gasteiger partial charge in [-0.3, -0.25) is 4.99 Å². The summed E-state index contributed by atoms with van der Waals surface area (Å²) in [6, 6.07) is 0. The maximum atomic E-state index is 11.4. The van der Waals surface area contributed by atoms with E-state index in [4.69, 9.17) is 22.2 Å². The van der Waals surface area contributed by atoms with Gasteiger partial charge in [0.25, 0.3) is 0 Å². The lowest BCUT2D eigenvalue weighted by atomic mass is 10.0. The van der Waals surface area contributed by atoms with Crippen molar-refractivity contribution < 1.29 is 19.3 Å². The fourth-order valence-electron chi connectivity index (χ4n) is 4.30. The normalized spacial score (nSPS) is 21.0. The molecule has 0 aromatic rings. The van der Waals surface area contributed by atoms with Crippen LogP contribution >= 0.6 is 11.6 Å². The van der Waals surface area contributed by atoms with Gasteiger partial charge in [0.15, 0.2) is 0 Å². The van der Waals surface area contributed by atoms with Gasteiger partial charge in [-0.15, -0.1) is 24.4 Å². The number of rotatable bonds is 14. The van der Waals surface area contributed by atoms with Crippen molar-refractivity contribution in [2.45, 2.75) is 84.6 Å². The molecule has 5 N–H and O–H groups in total. The Morgan fingerprint density at radius 2 is 1.74 bits per heavy atom. The summed E-state index contributed by atoms with van der Waals surface area (Å²) in [5.74, 6) is 8.26. The molecule has 0 amide bonds. The summed E-state index contributed by atoms with van der Waals surface area (Å²) in [7, 11) is 3.77. The molecule has 0 bridgehead atoms. The van der Waals surface area contributed by atoms with Crippen LogP contribution in [0.4, 0.5) is 4.39 Å². The molecule has 0 aliphatic heterocycles. The molecule has 0 saturated heterocycles. The Kier molecular flexibility index (Phi) is 30.2. The first-order chi connectivity index (χ1) is 20.2. The molecule has 0 heterocycles. The van der Waals surface area contributed by atoms with E-state index >= 15 is 0 Å². The van der Waals surface area contributed by atoms with Gasteiger partial charge >= 0.3 is 0 Å². The largest absolute Gasteiger partial charge is 0.393 e. The number of likely N-dealkylation sites (N-methyl/N-ethyl adjacent to an activating group) is 1. The zero-order valence-corrected chi connectivity index (χ0v) is 28.8. The van der Waals surface area contributed by atoms with E-state index < -0.39 is 11.8 Å². The number of hydrogen-bond acceptors (Lipinski definition) is 7. The van der Waals surface area contributed by atoms with Crippen LogP contribution in [-0.4, -0.2) is 97.2 Å². The van der Waals surface area contributed by atoms with Crippen LogP contribution in [-0.2, 0) is 4.74 Å². The average molecular weight is 632 g/mol. The highest BCUT2D eigenvalue weighted by Gasteiger charge is 2.40. The summed E-state index contributed by atoms with van der Waals surface area (Å²) in [5.41, 5.74) is 0.0997. The molecule has 10 heteroatoms. The molecular formula is C33H63ClFN5O3. The molecule has 2 rings (SSSR count). The molecule has 0 aromatic carbocycles. The molecule has 2 fully saturated rings. The fraction of sp³-hybridized carbons (Fsp3) is 0.727. The monoisotopic (exact) mass is 631 g/mol. The number of fused-ring (bicyclic) bond motifs is 1. The third-order valence-electron chi connectivity index (χ3n) is 6.37. The van der Waals surface area contributed by atoms with Crippen molar-refractivity contribution in [3.63, 3.8) is 0 Å². The first kappa shape index (κ1) is 45.3.